The molecule has 1 aromatic carbocycles. The lowest BCUT2D eigenvalue weighted by molar-refractivity contribution is -0.117. The normalized spacial score (nSPS) is 26.2. The number of carbonyl (C=O) groups is 1. The van der Waals surface area contributed by atoms with Crippen LogP contribution in [0, 0.1) is 0 Å². The topological polar surface area (TPSA) is 44.4 Å². The fourth-order valence-corrected chi connectivity index (χ4v) is 3.32. The summed E-state index contributed by atoms with van der Waals surface area (Å²) in [5.74, 6) is 0.0324. The van der Waals surface area contributed by atoms with Gasteiger partial charge in [0.2, 0.25) is 5.91 Å². The summed E-state index contributed by atoms with van der Waals surface area (Å²) < 4.78 is 0. The minimum Gasteiger partial charge on any atom is -0.325 e. The molecule has 5 heteroatoms. The van der Waals surface area contributed by atoms with Crippen LogP contribution < -0.4 is 10.6 Å². The van der Waals surface area contributed by atoms with Gasteiger partial charge in [-0.05, 0) is 37.5 Å². The molecule has 1 amide bonds. The van der Waals surface area contributed by atoms with Crippen molar-refractivity contribution in [3.05, 3.63) is 29.3 Å². The predicted octanol–water partition coefficient (Wildman–Crippen LogP) is 2.10. The second kappa shape index (κ2) is 6.12. The molecule has 0 saturated carbocycles. The molecule has 0 aromatic heterocycles. The molecule has 4 nitrogen and oxygen atoms in total. The molecule has 1 aromatic rings. The first-order valence-corrected chi connectivity index (χ1v) is 7.61. The van der Waals surface area contributed by atoms with Crippen molar-refractivity contribution in [2.75, 3.05) is 25.0 Å². The van der Waals surface area contributed by atoms with Crippen molar-refractivity contribution < 1.29 is 4.79 Å². The van der Waals surface area contributed by atoms with Gasteiger partial charge in [0.25, 0.3) is 0 Å². The molecule has 108 valence electrons. The first kappa shape index (κ1) is 13.9. The zero-order valence-electron chi connectivity index (χ0n) is 11.4. The Morgan fingerprint density at radius 1 is 1.35 bits per heavy atom. The Morgan fingerprint density at radius 2 is 2.20 bits per heavy atom. The highest BCUT2D eigenvalue weighted by Gasteiger charge is 2.29. The molecule has 2 heterocycles. The van der Waals surface area contributed by atoms with Gasteiger partial charge in [-0.1, -0.05) is 17.7 Å². The SMILES string of the molecule is O=C(CN1CCC2CCC(C1)N2)Nc1cccc(Cl)c1. The van der Waals surface area contributed by atoms with Crippen molar-refractivity contribution in [1.82, 2.24) is 10.2 Å². The summed E-state index contributed by atoms with van der Waals surface area (Å²) in [5, 5.41) is 7.17. The van der Waals surface area contributed by atoms with Crippen LogP contribution in [0.5, 0.6) is 0 Å². The summed E-state index contributed by atoms with van der Waals surface area (Å²) in [5.41, 5.74) is 0.761. The summed E-state index contributed by atoms with van der Waals surface area (Å²) in [4.78, 5) is 14.3. The highest BCUT2D eigenvalue weighted by Crippen LogP contribution is 2.20. The standard InChI is InChI=1S/C15H20ClN3O/c16-11-2-1-3-13(8-11)18-15(20)10-19-7-6-12-4-5-14(9-19)17-12/h1-3,8,12,14,17H,4-7,9-10H2,(H,18,20). The van der Waals surface area contributed by atoms with E-state index in [1.54, 1.807) is 12.1 Å². The number of amides is 1. The van der Waals surface area contributed by atoms with Gasteiger partial charge in [0, 0.05) is 35.9 Å². The largest absolute Gasteiger partial charge is 0.325 e. The Bertz CT molecular complexity index is 494. The van der Waals surface area contributed by atoms with Crippen molar-refractivity contribution in [2.45, 2.75) is 31.3 Å². The molecule has 2 aliphatic rings. The van der Waals surface area contributed by atoms with Gasteiger partial charge >= 0.3 is 0 Å². The number of nitrogens with zero attached hydrogens (tertiary/aromatic N) is 1. The third kappa shape index (κ3) is 3.51. The van der Waals surface area contributed by atoms with Crippen LogP contribution in [0.4, 0.5) is 5.69 Å². The number of likely N-dealkylation sites (tertiary alicyclic amines) is 1. The zero-order valence-corrected chi connectivity index (χ0v) is 12.2. The smallest absolute Gasteiger partial charge is 0.238 e. The minimum atomic E-state index is 0.0324. The highest BCUT2D eigenvalue weighted by atomic mass is 35.5. The Labute approximate surface area is 124 Å². The number of hydrogen-bond acceptors (Lipinski definition) is 3. The number of hydrogen-bond donors (Lipinski definition) is 2. The maximum absolute atomic E-state index is 12.1. The lowest BCUT2D eigenvalue weighted by Crippen LogP contribution is -2.39. The van der Waals surface area contributed by atoms with Gasteiger partial charge < -0.3 is 10.6 Å². The van der Waals surface area contributed by atoms with Gasteiger partial charge in [-0.3, -0.25) is 9.69 Å². The van der Waals surface area contributed by atoms with Gasteiger partial charge in [-0.25, -0.2) is 0 Å². The number of halogens is 1. The second-order valence-electron chi connectivity index (χ2n) is 5.72. The number of benzene rings is 1. The molecule has 2 fully saturated rings. The van der Waals surface area contributed by atoms with Crippen LogP contribution in [0.25, 0.3) is 0 Å². The molecule has 0 spiro atoms. The number of nitrogens with one attached hydrogen (secondary N) is 2. The molecule has 2 unspecified atom stereocenters. The third-order valence-electron chi connectivity index (χ3n) is 4.08. The molecule has 2 N–H and O–H groups in total. The summed E-state index contributed by atoms with van der Waals surface area (Å²) in [6.07, 6.45) is 3.66. The summed E-state index contributed by atoms with van der Waals surface area (Å²) >= 11 is 5.91. The molecule has 2 saturated heterocycles. The number of fused-ring (bicyclic) bond motifs is 2. The highest BCUT2D eigenvalue weighted by molar-refractivity contribution is 6.30. The zero-order chi connectivity index (χ0) is 13.9. The van der Waals surface area contributed by atoms with E-state index in [9.17, 15) is 4.79 Å². The van der Waals surface area contributed by atoms with E-state index in [1.165, 1.54) is 12.8 Å². The van der Waals surface area contributed by atoms with Crippen LogP contribution in [-0.2, 0) is 4.79 Å². The first-order valence-electron chi connectivity index (χ1n) is 7.23. The Hall–Kier alpha value is -1.10. The molecule has 2 bridgehead atoms. The van der Waals surface area contributed by atoms with Gasteiger partial charge in [0.05, 0.1) is 6.54 Å². The van der Waals surface area contributed by atoms with Crippen LogP contribution in [0.3, 0.4) is 0 Å². The van der Waals surface area contributed by atoms with E-state index < -0.39 is 0 Å². The Balaban J connectivity index is 1.53. The first-order chi connectivity index (χ1) is 9.69. The Morgan fingerprint density at radius 3 is 3.05 bits per heavy atom. The lowest BCUT2D eigenvalue weighted by atomic mass is 10.1. The van der Waals surface area contributed by atoms with E-state index in [1.807, 2.05) is 12.1 Å². The molecule has 0 radical (unpaired) electrons. The fraction of sp³-hybridized carbons (Fsp3) is 0.533. The van der Waals surface area contributed by atoms with Crippen LogP contribution in [0.1, 0.15) is 19.3 Å². The third-order valence-corrected chi connectivity index (χ3v) is 4.32. The van der Waals surface area contributed by atoms with Crippen LogP contribution in [-0.4, -0.2) is 42.5 Å². The monoisotopic (exact) mass is 293 g/mol. The minimum absolute atomic E-state index is 0.0324. The van der Waals surface area contributed by atoms with Crippen molar-refractivity contribution in [3.63, 3.8) is 0 Å². The summed E-state index contributed by atoms with van der Waals surface area (Å²) in [6.45, 7) is 2.42. The van der Waals surface area contributed by atoms with Crippen LogP contribution in [0.15, 0.2) is 24.3 Å². The maximum atomic E-state index is 12.1. The molecular weight excluding hydrogens is 274 g/mol. The van der Waals surface area contributed by atoms with Crippen LogP contribution in [0.2, 0.25) is 5.02 Å². The summed E-state index contributed by atoms with van der Waals surface area (Å²) in [6, 6.07) is 8.48. The van der Waals surface area contributed by atoms with E-state index in [4.69, 9.17) is 11.6 Å². The summed E-state index contributed by atoms with van der Waals surface area (Å²) in [7, 11) is 0. The van der Waals surface area contributed by atoms with Crippen molar-refractivity contribution in [1.29, 1.82) is 0 Å². The predicted molar refractivity (Wildman–Crippen MR) is 81.1 cm³/mol. The number of anilines is 1. The van der Waals surface area contributed by atoms with Gasteiger partial charge in [-0.15, -0.1) is 0 Å². The lowest BCUT2D eigenvalue weighted by Gasteiger charge is -2.23. The van der Waals surface area contributed by atoms with E-state index in [0.29, 0.717) is 23.7 Å². The van der Waals surface area contributed by atoms with Crippen molar-refractivity contribution in [2.24, 2.45) is 0 Å². The maximum Gasteiger partial charge on any atom is 0.238 e. The average Bonchev–Trinajstić information content (AvgIpc) is 2.73. The molecule has 2 aliphatic heterocycles. The fourth-order valence-electron chi connectivity index (χ4n) is 3.13. The number of carbonyl (C=O) groups excluding carboxylic acids is 1. The van der Waals surface area contributed by atoms with Crippen LogP contribution >= 0.6 is 11.6 Å². The molecule has 20 heavy (non-hydrogen) atoms. The van der Waals surface area contributed by atoms with E-state index >= 15 is 0 Å². The van der Waals surface area contributed by atoms with Crippen molar-refractivity contribution in [3.8, 4) is 0 Å². The molecule has 3 rings (SSSR count). The average molecular weight is 294 g/mol. The molecule has 0 aliphatic carbocycles. The second-order valence-corrected chi connectivity index (χ2v) is 6.16. The quantitative estimate of drug-likeness (QED) is 0.897. The van der Waals surface area contributed by atoms with E-state index in [0.717, 1.165) is 25.2 Å². The van der Waals surface area contributed by atoms with E-state index in [-0.39, 0.29) is 5.91 Å². The molecule has 2 atom stereocenters. The number of rotatable bonds is 3. The van der Waals surface area contributed by atoms with E-state index in [2.05, 4.69) is 15.5 Å². The molecular formula is C15H20ClN3O. The van der Waals surface area contributed by atoms with Crippen molar-refractivity contribution >= 4 is 23.2 Å². The van der Waals surface area contributed by atoms with Gasteiger partial charge in [-0.2, -0.15) is 0 Å². The van der Waals surface area contributed by atoms with Gasteiger partial charge in [0.15, 0.2) is 0 Å². The van der Waals surface area contributed by atoms with Gasteiger partial charge in [0.1, 0.15) is 0 Å². The Kier molecular flexibility index (Phi) is 4.24.